The predicted octanol–water partition coefficient (Wildman–Crippen LogP) is 4.15. The van der Waals surface area contributed by atoms with Crippen LogP contribution < -0.4 is 10.9 Å². The normalized spacial score (nSPS) is 11.5. The SMILES string of the molecule is Cc1cc2oc(=O)cc(CNCCc3ccco3)c2cc1C(C)C. The number of furan rings is 1. The van der Waals surface area contributed by atoms with Crippen molar-refractivity contribution in [2.24, 2.45) is 0 Å². The van der Waals surface area contributed by atoms with Crippen LogP contribution in [-0.2, 0) is 13.0 Å². The van der Waals surface area contributed by atoms with Crippen LogP contribution in [0.15, 0.2) is 50.2 Å². The molecule has 1 N–H and O–H groups in total. The highest BCUT2D eigenvalue weighted by Crippen LogP contribution is 2.26. The van der Waals surface area contributed by atoms with Crippen LogP contribution in [0.5, 0.6) is 0 Å². The molecule has 3 aromatic rings. The Balaban J connectivity index is 1.83. The number of aryl methyl sites for hydroxylation is 1. The van der Waals surface area contributed by atoms with Crippen LogP contribution in [-0.4, -0.2) is 6.54 Å². The van der Waals surface area contributed by atoms with Crippen molar-refractivity contribution in [3.8, 4) is 0 Å². The lowest BCUT2D eigenvalue weighted by Crippen LogP contribution is -2.18. The third-order valence-electron chi connectivity index (χ3n) is 4.28. The van der Waals surface area contributed by atoms with Gasteiger partial charge in [-0.2, -0.15) is 0 Å². The molecule has 126 valence electrons. The van der Waals surface area contributed by atoms with Crippen molar-refractivity contribution in [1.29, 1.82) is 0 Å². The van der Waals surface area contributed by atoms with Crippen LogP contribution in [0, 0.1) is 6.92 Å². The molecule has 24 heavy (non-hydrogen) atoms. The molecule has 3 rings (SSSR count). The van der Waals surface area contributed by atoms with Gasteiger partial charge in [-0.05, 0) is 53.8 Å². The monoisotopic (exact) mass is 325 g/mol. The molecule has 0 unspecified atom stereocenters. The maximum absolute atomic E-state index is 11.8. The minimum absolute atomic E-state index is 0.304. The maximum Gasteiger partial charge on any atom is 0.336 e. The van der Waals surface area contributed by atoms with Crippen LogP contribution in [0.2, 0.25) is 0 Å². The molecule has 0 saturated carbocycles. The Kier molecular flexibility index (Phi) is 4.86. The van der Waals surface area contributed by atoms with Gasteiger partial charge in [-0.3, -0.25) is 0 Å². The Morgan fingerprint density at radius 2 is 2.04 bits per heavy atom. The van der Waals surface area contributed by atoms with Crippen molar-refractivity contribution in [1.82, 2.24) is 5.32 Å². The van der Waals surface area contributed by atoms with Gasteiger partial charge in [-0.1, -0.05) is 13.8 Å². The lowest BCUT2D eigenvalue weighted by atomic mass is 9.95. The van der Waals surface area contributed by atoms with Gasteiger partial charge in [0, 0.05) is 31.0 Å². The number of benzene rings is 1. The molecule has 0 fully saturated rings. The van der Waals surface area contributed by atoms with Crippen LogP contribution in [0.3, 0.4) is 0 Å². The van der Waals surface area contributed by atoms with Gasteiger partial charge in [-0.15, -0.1) is 0 Å². The molecule has 4 heteroatoms. The Morgan fingerprint density at radius 1 is 1.21 bits per heavy atom. The number of fused-ring (bicyclic) bond motifs is 1. The van der Waals surface area contributed by atoms with Gasteiger partial charge in [-0.25, -0.2) is 4.79 Å². The van der Waals surface area contributed by atoms with Gasteiger partial charge < -0.3 is 14.2 Å². The van der Waals surface area contributed by atoms with Crippen molar-refractivity contribution >= 4 is 11.0 Å². The highest BCUT2D eigenvalue weighted by Gasteiger charge is 2.11. The highest BCUT2D eigenvalue weighted by atomic mass is 16.4. The molecule has 0 bridgehead atoms. The van der Waals surface area contributed by atoms with Crippen molar-refractivity contribution in [2.45, 2.75) is 39.7 Å². The molecule has 0 aliphatic heterocycles. The summed E-state index contributed by atoms with van der Waals surface area (Å²) in [4.78, 5) is 11.8. The van der Waals surface area contributed by atoms with E-state index in [0.717, 1.165) is 35.2 Å². The summed E-state index contributed by atoms with van der Waals surface area (Å²) < 4.78 is 10.7. The number of hydrogen-bond acceptors (Lipinski definition) is 4. The molecule has 0 radical (unpaired) electrons. The zero-order valence-corrected chi connectivity index (χ0v) is 14.4. The summed E-state index contributed by atoms with van der Waals surface area (Å²) in [7, 11) is 0. The predicted molar refractivity (Wildman–Crippen MR) is 95.4 cm³/mol. The van der Waals surface area contributed by atoms with E-state index < -0.39 is 0 Å². The van der Waals surface area contributed by atoms with Crippen molar-refractivity contribution < 1.29 is 8.83 Å². The first-order valence-electron chi connectivity index (χ1n) is 8.35. The summed E-state index contributed by atoms with van der Waals surface area (Å²) in [5, 5.41) is 4.39. The van der Waals surface area contributed by atoms with Gasteiger partial charge in [0.25, 0.3) is 0 Å². The average molecular weight is 325 g/mol. The van der Waals surface area contributed by atoms with Crippen molar-refractivity contribution in [2.75, 3.05) is 6.54 Å². The van der Waals surface area contributed by atoms with Crippen LogP contribution in [0.1, 0.15) is 42.2 Å². The fourth-order valence-electron chi connectivity index (χ4n) is 3.05. The van der Waals surface area contributed by atoms with Crippen LogP contribution >= 0.6 is 0 Å². The van der Waals surface area contributed by atoms with Gasteiger partial charge in [0.05, 0.1) is 6.26 Å². The second kappa shape index (κ2) is 7.05. The first-order chi connectivity index (χ1) is 11.5. The first kappa shape index (κ1) is 16.5. The standard InChI is InChI=1S/C20H23NO3/c1-13(2)17-11-18-15(10-20(22)24-19(18)9-14(17)3)12-21-7-6-16-5-4-8-23-16/h4-5,8-11,13,21H,6-7,12H2,1-3H3. The average Bonchev–Trinajstić information content (AvgIpc) is 3.03. The minimum atomic E-state index is -0.304. The zero-order valence-electron chi connectivity index (χ0n) is 14.4. The zero-order chi connectivity index (χ0) is 17.1. The lowest BCUT2D eigenvalue weighted by Gasteiger charge is -2.13. The highest BCUT2D eigenvalue weighted by molar-refractivity contribution is 5.82. The fraction of sp³-hybridized carbons (Fsp3) is 0.350. The number of rotatable bonds is 6. The Hall–Kier alpha value is -2.33. The third-order valence-corrected chi connectivity index (χ3v) is 4.28. The Labute approximate surface area is 141 Å². The molecule has 1 aromatic carbocycles. The molecule has 0 saturated heterocycles. The Morgan fingerprint density at radius 3 is 2.75 bits per heavy atom. The quantitative estimate of drug-likeness (QED) is 0.546. The molecular formula is C20H23NO3. The minimum Gasteiger partial charge on any atom is -0.469 e. The number of hydrogen-bond donors (Lipinski definition) is 1. The summed E-state index contributed by atoms with van der Waals surface area (Å²) in [6, 6.07) is 9.56. The van der Waals surface area contributed by atoms with Crippen LogP contribution in [0.4, 0.5) is 0 Å². The summed E-state index contributed by atoms with van der Waals surface area (Å²) >= 11 is 0. The van der Waals surface area contributed by atoms with E-state index in [1.807, 2.05) is 18.2 Å². The second-order valence-corrected chi connectivity index (χ2v) is 6.46. The summed E-state index contributed by atoms with van der Waals surface area (Å²) in [6.45, 7) is 7.83. The fourth-order valence-corrected chi connectivity index (χ4v) is 3.05. The van der Waals surface area contributed by atoms with Gasteiger partial charge >= 0.3 is 5.63 Å². The van der Waals surface area contributed by atoms with E-state index in [4.69, 9.17) is 8.83 Å². The van der Waals surface area contributed by atoms with Gasteiger partial charge in [0.2, 0.25) is 0 Å². The molecule has 0 aliphatic carbocycles. The van der Waals surface area contributed by atoms with E-state index in [-0.39, 0.29) is 5.63 Å². The maximum atomic E-state index is 11.8. The molecule has 0 amide bonds. The number of nitrogens with one attached hydrogen (secondary N) is 1. The lowest BCUT2D eigenvalue weighted by molar-refractivity contribution is 0.498. The summed E-state index contributed by atoms with van der Waals surface area (Å²) in [5.74, 6) is 1.39. The smallest absolute Gasteiger partial charge is 0.336 e. The molecule has 0 aliphatic rings. The largest absolute Gasteiger partial charge is 0.469 e. The van der Waals surface area contributed by atoms with E-state index in [9.17, 15) is 4.79 Å². The second-order valence-electron chi connectivity index (χ2n) is 6.46. The summed E-state index contributed by atoms with van der Waals surface area (Å²) in [6.07, 6.45) is 2.50. The van der Waals surface area contributed by atoms with Crippen molar-refractivity contribution in [3.05, 3.63) is 69.5 Å². The molecule has 0 spiro atoms. The van der Waals surface area contributed by atoms with E-state index in [1.165, 1.54) is 5.56 Å². The van der Waals surface area contributed by atoms with Gasteiger partial charge in [0.15, 0.2) is 0 Å². The van der Waals surface area contributed by atoms with E-state index in [0.29, 0.717) is 18.0 Å². The third kappa shape index (κ3) is 3.60. The van der Waals surface area contributed by atoms with Crippen molar-refractivity contribution in [3.63, 3.8) is 0 Å². The molecule has 0 atom stereocenters. The van der Waals surface area contributed by atoms with Gasteiger partial charge in [0.1, 0.15) is 11.3 Å². The molecular weight excluding hydrogens is 302 g/mol. The first-order valence-corrected chi connectivity index (χ1v) is 8.35. The van der Waals surface area contributed by atoms with E-state index >= 15 is 0 Å². The Bertz CT molecular complexity index is 876. The van der Waals surface area contributed by atoms with Crippen LogP contribution in [0.25, 0.3) is 11.0 Å². The molecule has 2 aromatic heterocycles. The van der Waals surface area contributed by atoms with E-state index in [2.05, 4.69) is 32.2 Å². The topological polar surface area (TPSA) is 55.4 Å². The van der Waals surface area contributed by atoms with E-state index in [1.54, 1.807) is 12.3 Å². The summed E-state index contributed by atoms with van der Waals surface area (Å²) in [5.41, 5.74) is 3.77. The molecule has 4 nitrogen and oxygen atoms in total. The molecule has 2 heterocycles.